The molecule has 1 unspecified atom stereocenters. The second-order valence-electron chi connectivity index (χ2n) is 5.36. The zero-order chi connectivity index (χ0) is 14.8. The highest BCUT2D eigenvalue weighted by molar-refractivity contribution is 5.81. The molecule has 0 aliphatic heterocycles. The molecule has 0 aliphatic rings. The molecule has 3 heteroatoms. The third kappa shape index (κ3) is 2.57. The van der Waals surface area contributed by atoms with Crippen LogP contribution in [0.15, 0.2) is 48.5 Å². The molecule has 1 atom stereocenters. The van der Waals surface area contributed by atoms with Gasteiger partial charge in [-0.05, 0) is 23.6 Å². The van der Waals surface area contributed by atoms with Crippen LogP contribution in [0.25, 0.3) is 10.9 Å². The number of hydrogen-bond donors (Lipinski definition) is 1. The molecular weight excluding hydrogens is 260 g/mol. The van der Waals surface area contributed by atoms with Gasteiger partial charge in [0.2, 0.25) is 0 Å². The Hall–Kier alpha value is -2.13. The normalized spacial score (nSPS) is 12.7. The van der Waals surface area contributed by atoms with E-state index in [2.05, 4.69) is 30.2 Å². The fraction of sp³-hybridized carbons (Fsp3) is 0.278. The molecule has 0 radical (unpaired) electrons. The van der Waals surface area contributed by atoms with Gasteiger partial charge in [0.05, 0.1) is 17.3 Å². The molecule has 1 heterocycles. The van der Waals surface area contributed by atoms with Crippen molar-refractivity contribution in [2.24, 2.45) is 7.05 Å². The van der Waals surface area contributed by atoms with Crippen molar-refractivity contribution < 1.29 is 5.11 Å². The predicted octanol–water partition coefficient (Wildman–Crippen LogP) is 3.41. The molecule has 3 aromatic rings. The number of benzene rings is 2. The minimum atomic E-state index is -0.514. The summed E-state index contributed by atoms with van der Waals surface area (Å²) >= 11 is 0. The van der Waals surface area contributed by atoms with E-state index >= 15 is 0 Å². The molecule has 0 fully saturated rings. The molecule has 21 heavy (non-hydrogen) atoms. The SMILES string of the molecule is CCc1ccccc1C(O)Cc1nn(C)c2ccccc12. The van der Waals surface area contributed by atoms with Crippen LogP contribution in [0.2, 0.25) is 0 Å². The highest BCUT2D eigenvalue weighted by Gasteiger charge is 2.16. The smallest absolute Gasteiger partial charge is 0.0849 e. The number of aromatic nitrogens is 2. The quantitative estimate of drug-likeness (QED) is 0.795. The first kappa shape index (κ1) is 13.8. The van der Waals surface area contributed by atoms with Gasteiger partial charge in [-0.25, -0.2) is 0 Å². The van der Waals surface area contributed by atoms with Crippen molar-refractivity contribution >= 4 is 10.9 Å². The Kier molecular flexibility index (Phi) is 3.76. The first-order chi connectivity index (χ1) is 10.2. The second-order valence-corrected chi connectivity index (χ2v) is 5.36. The first-order valence-electron chi connectivity index (χ1n) is 7.37. The van der Waals surface area contributed by atoms with Crippen molar-refractivity contribution in [2.75, 3.05) is 0 Å². The summed E-state index contributed by atoms with van der Waals surface area (Å²) in [6, 6.07) is 16.2. The molecule has 0 amide bonds. The van der Waals surface area contributed by atoms with E-state index in [-0.39, 0.29) is 0 Å². The van der Waals surface area contributed by atoms with Crippen LogP contribution in [-0.2, 0) is 19.9 Å². The molecule has 0 bridgehead atoms. The standard InChI is InChI=1S/C18H20N2O/c1-3-13-8-4-5-9-14(13)18(21)12-16-15-10-6-7-11-17(15)20(2)19-16/h4-11,18,21H,3,12H2,1-2H3. The molecule has 3 nitrogen and oxygen atoms in total. The number of fused-ring (bicyclic) bond motifs is 1. The van der Waals surface area contributed by atoms with Crippen LogP contribution in [0.3, 0.4) is 0 Å². The number of para-hydroxylation sites is 1. The summed E-state index contributed by atoms with van der Waals surface area (Å²) < 4.78 is 1.88. The Morgan fingerprint density at radius 1 is 1.10 bits per heavy atom. The van der Waals surface area contributed by atoms with Crippen molar-refractivity contribution in [3.8, 4) is 0 Å². The molecule has 1 N–H and O–H groups in total. The molecular formula is C18H20N2O. The van der Waals surface area contributed by atoms with Crippen molar-refractivity contribution in [1.29, 1.82) is 0 Å². The van der Waals surface area contributed by atoms with Gasteiger partial charge < -0.3 is 5.11 Å². The Labute approximate surface area is 124 Å². The Morgan fingerprint density at radius 2 is 1.81 bits per heavy atom. The van der Waals surface area contributed by atoms with E-state index in [1.165, 1.54) is 5.56 Å². The minimum Gasteiger partial charge on any atom is -0.388 e. The fourth-order valence-corrected chi connectivity index (χ4v) is 2.91. The largest absolute Gasteiger partial charge is 0.388 e. The fourth-order valence-electron chi connectivity index (χ4n) is 2.91. The highest BCUT2D eigenvalue weighted by Crippen LogP contribution is 2.25. The van der Waals surface area contributed by atoms with Crippen LogP contribution in [0.4, 0.5) is 0 Å². The number of rotatable bonds is 4. The Bertz CT molecular complexity index is 761. The van der Waals surface area contributed by atoms with E-state index < -0.39 is 6.10 Å². The molecule has 1 aromatic heterocycles. The average Bonchev–Trinajstić information content (AvgIpc) is 2.84. The van der Waals surface area contributed by atoms with Crippen molar-refractivity contribution in [3.05, 3.63) is 65.4 Å². The zero-order valence-corrected chi connectivity index (χ0v) is 12.5. The maximum absolute atomic E-state index is 10.6. The molecule has 0 saturated carbocycles. The van der Waals surface area contributed by atoms with Gasteiger partial charge in [-0.15, -0.1) is 0 Å². The van der Waals surface area contributed by atoms with E-state index in [0.29, 0.717) is 6.42 Å². The number of aliphatic hydroxyl groups excluding tert-OH is 1. The molecule has 108 valence electrons. The monoisotopic (exact) mass is 280 g/mol. The second kappa shape index (κ2) is 5.70. The van der Waals surface area contributed by atoms with Gasteiger partial charge in [-0.2, -0.15) is 5.10 Å². The Balaban J connectivity index is 1.95. The lowest BCUT2D eigenvalue weighted by molar-refractivity contribution is 0.176. The number of aliphatic hydroxyl groups is 1. The number of nitrogens with zero attached hydrogens (tertiary/aromatic N) is 2. The van der Waals surface area contributed by atoms with Crippen LogP contribution in [0.5, 0.6) is 0 Å². The minimum absolute atomic E-state index is 0.514. The van der Waals surface area contributed by atoms with Crippen LogP contribution in [0.1, 0.15) is 29.8 Å². The summed E-state index contributed by atoms with van der Waals surface area (Å²) in [6.07, 6.45) is 0.952. The van der Waals surface area contributed by atoms with Crippen LogP contribution in [-0.4, -0.2) is 14.9 Å². The van der Waals surface area contributed by atoms with Gasteiger partial charge in [-0.3, -0.25) is 4.68 Å². The summed E-state index contributed by atoms with van der Waals surface area (Å²) in [7, 11) is 1.94. The summed E-state index contributed by atoms with van der Waals surface area (Å²) in [5.74, 6) is 0. The van der Waals surface area contributed by atoms with E-state index in [1.807, 2.05) is 42.1 Å². The van der Waals surface area contributed by atoms with Gasteiger partial charge in [0.25, 0.3) is 0 Å². The Morgan fingerprint density at radius 3 is 2.62 bits per heavy atom. The maximum Gasteiger partial charge on any atom is 0.0849 e. The van der Waals surface area contributed by atoms with E-state index in [1.54, 1.807) is 0 Å². The zero-order valence-electron chi connectivity index (χ0n) is 12.5. The lowest BCUT2D eigenvalue weighted by atomic mass is 9.97. The third-order valence-electron chi connectivity index (χ3n) is 4.02. The van der Waals surface area contributed by atoms with Crippen LogP contribution < -0.4 is 0 Å². The van der Waals surface area contributed by atoms with E-state index in [9.17, 15) is 5.11 Å². The predicted molar refractivity (Wildman–Crippen MR) is 85.2 cm³/mol. The summed E-state index contributed by atoms with van der Waals surface area (Å²) in [6.45, 7) is 2.11. The lowest BCUT2D eigenvalue weighted by Gasteiger charge is -2.14. The summed E-state index contributed by atoms with van der Waals surface area (Å²) in [4.78, 5) is 0. The highest BCUT2D eigenvalue weighted by atomic mass is 16.3. The molecule has 0 spiro atoms. The average molecular weight is 280 g/mol. The van der Waals surface area contributed by atoms with E-state index in [4.69, 9.17) is 0 Å². The van der Waals surface area contributed by atoms with Gasteiger partial charge in [-0.1, -0.05) is 49.4 Å². The lowest BCUT2D eigenvalue weighted by Crippen LogP contribution is -2.06. The van der Waals surface area contributed by atoms with Crippen LogP contribution in [0, 0.1) is 0 Å². The summed E-state index contributed by atoms with van der Waals surface area (Å²) in [5.41, 5.74) is 4.26. The van der Waals surface area contributed by atoms with Crippen molar-refractivity contribution in [2.45, 2.75) is 25.9 Å². The van der Waals surface area contributed by atoms with E-state index in [0.717, 1.165) is 28.6 Å². The number of aryl methyl sites for hydroxylation is 2. The topological polar surface area (TPSA) is 38.1 Å². The van der Waals surface area contributed by atoms with Crippen molar-refractivity contribution in [3.63, 3.8) is 0 Å². The molecule has 0 saturated heterocycles. The van der Waals surface area contributed by atoms with Crippen molar-refractivity contribution in [1.82, 2.24) is 9.78 Å². The first-order valence-corrected chi connectivity index (χ1v) is 7.37. The summed E-state index contributed by atoms with van der Waals surface area (Å²) in [5, 5.41) is 16.3. The molecule has 0 aliphatic carbocycles. The number of hydrogen-bond acceptors (Lipinski definition) is 2. The molecule has 3 rings (SSSR count). The van der Waals surface area contributed by atoms with Crippen LogP contribution >= 0.6 is 0 Å². The van der Waals surface area contributed by atoms with Gasteiger partial charge >= 0.3 is 0 Å². The maximum atomic E-state index is 10.6. The van der Waals surface area contributed by atoms with Gasteiger partial charge in [0.15, 0.2) is 0 Å². The van der Waals surface area contributed by atoms with Gasteiger partial charge in [0, 0.05) is 18.9 Å². The van der Waals surface area contributed by atoms with Gasteiger partial charge in [0.1, 0.15) is 0 Å². The third-order valence-corrected chi connectivity index (χ3v) is 4.02. The molecule has 2 aromatic carbocycles.